The number of aromatic amines is 1. The minimum absolute atomic E-state index is 0.0358. The molecule has 4 rings (SSSR count). The van der Waals surface area contributed by atoms with Gasteiger partial charge in [-0.2, -0.15) is 0 Å². The van der Waals surface area contributed by atoms with E-state index in [1.807, 2.05) is 48.8 Å². The van der Waals surface area contributed by atoms with Crippen molar-refractivity contribution in [1.29, 1.82) is 0 Å². The molecule has 0 aliphatic carbocycles. The van der Waals surface area contributed by atoms with Gasteiger partial charge in [0.15, 0.2) is 12.0 Å². The van der Waals surface area contributed by atoms with Crippen LogP contribution in [0.1, 0.15) is 19.8 Å². The van der Waals surface area contributed by atoms with Crippen molar-refractivity contribution in [2.24, 2.45) is 0 Å². The summed E-state index contributed by atoms with van der Waals surface area (Å²) < 4.78 is 3.84. The minimum Gasteiger partial charge on any atom is -0.359 e. The summed E-state index contributed by atoms with van der Waals surface area (Å²) in [6.07, 6.45) is 7.53. The Morgan fingerprint density at radius 2 is 2.08 bits per heavy atom. The van der Waals surface area contributed by atoms with Crippen LogP contribution < -0.4 is 0 Å². The first-order valence-corrected chi connectivity index (χ1v) is 8.21. The molecule has 24 heavy (non-hydrogen) atoms. The molecular formula is C19H19N4O+. The number of rotatable bonds is 5. The van der Waals surface area contributed by atoms with E-state index in [9.17, 15) is 4.79 Å². The molecule has 0 saturated carbocycles. The normalized spacial score (nSPS) is 14.3. The molecule has 0 saturated heterocycles. The molecule has 5 heteroatoms. The number of allylic oxidation sites excluding steroid dienone is 1. The van der Waals surface area contributed by atoms with Crippen LogP contribution in [-0.2, 0) is 11.5 Å². The Balaban J connectivity index is 1.78. The lowest BCUT2D eigenvalue weighted by Gasteiger charge is -2.05. The molecule has 1 aliphatic rings. The number of fused-ring (bicyclic) bond motifs is 1. The molecule has 0 atom stereocenters. The van der Waals surface area contributed by atoms with Crippen LogP contribution >= 0.6 is 0 Å². The summed E-state index contributed by atoms with van der Waals surface area (Å²) in [6.45, 7) is 2.58. The van der Waals surface area contributed by atoms with E-state index in [0.717, 1.165) is 41.0 Å². The van der Waals surface area contributed by atoms with Crippen molar-refractivity contribution < 1.29 is 9.37 Å². The zero-order valence-electron chi connectivity index (χ0n) is 13.6. The van der Waals surface area contributed by atoms with Crippen LogP contribution in [0.5, 0.6) is 0 Å². The summed E-state index contributed by atoms with van der Waals surface area (Å²) in [5, 5.41) is 0. The first kappa shape index (κ1) is 14.6. The van der Waals surface area contributed by atoms with Crippen LogP contribution in [0.4, 0.5) is 0 Å². The Bertz CT molecular complexity index is 961. The van der Waals surface area contributed by atoms with Gasteiger partial charge in [-0.15, -0.1) is 4.58 Å². The van der Waals surface area contributed by atoms with E-state index in [1.54, 1.807) is 10.7 Å². The number of para-hydroxylation sites is 2. The lowest BCUT2D eigenvalue weighted by Crippen LogP contribution is -2.20. The number of hydrogen-bond donors (Lipinski definition) is 1. The number of H-pyrrole nitrogens is 1. The Hall–Kier alpha value is -2.95. The highest BCUT2D eigenvalue weighted by Crippen LogP contribution is 2.24. The molecule has 1 amide bonds. The third kappa shape index (κ3) is 2.48. The van der Waals surface area contributed by atoms with Crippen LogP contribution in [-0.4, -0.2) is 31.2 Å². The van der Waals surface area contributed by atoms with Crippen molar-refractivity contribution in [1.82, 2.24) is 14.5 Å². The van der Waals surface area contributed by atoms with E-state index >= 15 is 0 Å². The fraction of sp³-hybridized carbons (Fsp3) is 0.211. The topological polar surface area (TPSA) is 53.7 Å². The van der Waals surface area contributed by atoms with Gasteiger partial charge in [0, 0.05) is 11.8 Å². The maximum absolute atomic E-state index is 12.3. The molecule has 1 aliphatic heterocycles. The molecular weight excluding hydrogens is 300 g/mol. The fourth-order valence-corrected chi connectivity index (χ4v) is 3.12. The summed E-state index contributed by atoms with van der Waals surface area (Å²) >= 11 is 0. The highest BCUT2D eigenvalue weighted by atomic mass is 16.2. The molecule has 3 aromatic rings. The molecule has 1 aromatic carbocycles. The molecule has 0 bridgehead atoms. The van der Waals surface area contributed by atoms with Crippen LogP contribution in [0.3, 0.4) is 0 Å². The van der Waals surface area contributed by atoms with Crippen LogP contribution in [0.15, 0.2) is 54.2 Å². The van der Waals surface area contributed by atoms with Crippen molar-refractivity contribution in [2.75, 3.05) is 0 Å². The minimum atomic E-state index is 0.0358. The average molecular weight is 319 g/mol. The molecule has 0 spiro atoms. The summed E-state index contributed by atoms with van der Waals surface area (Å²) in [4.78, 5) is 20.2. The average Bonchev–Trinajstić information content (AvgIpc) is 3.28. The third-order valence-corrected chi connectivity index (χ3v) is 4.24. The van der Waals surface area contributed by atoms with Crippen LogP contribution in [0.25, 0.3) is 22.6 Å². The van der Waals surface area contributed by atoms with Gasteiger partial charge in [-0.05, 0) is 30.7 Å². The molecule has 0 radical (unpaired) electrons. The number of aromatic nitrogens is 3. The molecule has 120 valence electrons. The lowest BCUT2D eigenvalue weighted by atomic mass is 10.2. The number of imidazole rings is 1. The van der Waals surface area contributed by atoms with E-state index < -0.39 is 0 Å². The Morgan fingerprint density at radius 1 is 1.21 bits per heavy atom. The number of carbonyl (C=O) groups excluding carboxylic acids is 1. The quantitative estimate of drug-likeness (QED) is 0.733. The Labute approximate surface area is 140 Å². The van der Waals surface area contributed by atoms with Crippen molar-refractivity contribution in [3.05, 3.63) is 54.2 Å². The van der Waals surface area contributed by atoms with E-state index in [4.69, 9.17) is 4.98 Å². The molecule has 5 nitrogen and oxygen atoms in total. The molecule has 0 fully saturated rings. The standard InChI is InChI=1S/C19H18N4O/c1-2-6-14-11-18(24)22(12-14)13-23-17-9-4-3-7-15(17)21-19(23)16-8-5-10-20-16/h3-5,7-12H,2,6,13H2,1H3/p+1. The Kier molecular flexibility index (Phi) is 3.61. The number of amides is 1. The first-order chi connectivity index (χ1) is 11.8. The summed E-state index contributed by atoms with van der Waals surface area (Å²) in [5.74, 6) is 0.875. The summed E-state index contributed by atoms with van der Waals surface area (Å²) in [6, 6.07) is 12.0. The van der Waals surface area contributed by atoms with Crippen LogP contribution in [0.2, 0.25) is 0 Å². The van der Waals surface area contributed by atoms with Gasteiger partial charge >= 0.3 is 5.91 Å². The number of hydrogen-bond acceptors (Lipinski definition) is 2. The van der Waals surface area contributed by atoms with Gasteiger partial charge in [0.25, 0.3) is 0 Å². The predicted molar refractivity (Wildman–Crippen MR) is 93.8 cm³/mol. The van der Waals surface area contributed by atoms with E-state index in [2.05, 4.69) is 16.5 Å². The highest BCUT2D eigenvalue weighted by molar-refractivity contribution is 5.97. The molecule has 0 unspecified atom stereocenters. The summed E-state index contributed by atoms with van der Waals surface area (Å²) in [7, 11) is 0. The van der Waals surface area contributed by atoms with E-state index in [0.29, 0.717) is 6.67 Å². The second-order valence-electron chi connectivity index (χ2n) is 5.98. The highest BCUT2D eigenvalue weighted by Gasteiger charge is 2.25. The first-order valence-electron chi connectivity index (χ1n) is 8.21. The van der Waals surface area contributed by atoms with Crippen LogP contribution in [0, 0.1) is 0 Å². The predicted octanol–water partition coefficient (Wildman–Crippen LogP) is 3.34. The van der Waals surface area contributed by atoms with Gasteiger partial charge in [0.2, 0.25) is 6.67 Å². The SMILES string of the molecule is CCCC1=CC(=O)[N+](Cn2c(-c3ccc[nH]3)nc3ccccc32)=C1. The van der Waals surface area contributed by atoms with Gasteiger partial charge in [-0.3, -0.25) is 4.57 Å². The fourth-order valence-electron chi connectivity index (χ4n) is 3.12. The maximum atomic E-state index is 12.3. The van der Waals surface area contributed by atoms with Crippen molar-refractivity contribution in [3.63, 3.8) is 0 Å². The number of benzene rings is 1. The van der Waals surface area contributed by atoms with E-state index in [-0.39, 0.29) is 5.91 Å². The van der Waals surface area contributed by atoms with Crippen molar-refractivity contribution >= 4 is 23.2 Å². The van der Waals surface area contributed by atoms with Gasteiger partial charge in [0.1, 0.15) is 0 Å². The second kappa shape index (κ2) is 5.92. The van der Waals surface area contributed by atoms with Gasteiger partial charge in [0.05, 0.1) is 22.8 Å². The van der Waals surface area contributed by atoms with Gasteiger partial charge in [-0.1, -0.05) is 25.5 Å². The van der Waals surface area contributed by atoms with Crippen molar-refractivity contribution in [2.45, 2.75) is 26.4 Å². The number of nitrogens with one attached hydrogen (secondary N) is 1. The molecule has 3 heterocycles. The smallest absolute Gasteiger partial charge is 0.359 e. The molecule has 2 aromatic heterocycles. The number of nitrogens with zero attached hydrogens (tertiary/aromatic N) is 3. The van der Waals surface area contributed by atoms with Crippen molar-refractivity contribution in [3.8, 4) is 11.5 Å². The maximum Gasteiger partial charge on any atom is 0.414 e. The molecule has 1 N–H and O–H groups in total. The van der Waals surface area contributed by atoms with Gasteiger partial charge < -0.3 is 4.98 Å². The second-order valence-corrected chi connectivity index (χ2v) is 5.98. The Morgan fingerprint density at radius 3 is 2.88 bits per heavy atom. The van der Waals surface area contributed by atoms with Gasteiger partial charge in [-0.25, -0.2) is 9.78 Å². The van der Waals surface area contributed by atoms with E-state index in [1.165, 1.54) is 0 Å². The third-order valence-electron chi connectivity index (χ3n) is 4.24. The number of carbonyl (C=O) groups is 1. The summed E-state index contributed by atoms with van der Waals surface area (Å²) in [5.41, 5.74) is 3.98. The zero-order chi connectivity index (χ0) is 16.5. The zero-order valence-corrected chi connectivity index (χ0v) is 13.6. The monoisotopic (exact) mass is 319 g/mol. The largest absolute Gasteiger partial charge is 0.414 e. The lowest BCUT2D eigenvalue weighted by molar-refractivity contribution is -0.468.